The molecule has 10 nitrogen and oxygen atoms in total. The summed E-state index contributed by atoms with van der Waals surface area (Å²) < 4.78 is 26.2. The molecule has 1 amide bonds. The molecule has 0 radical (unpaired) electrons. The zero-order valence-electron chi connectivity index (χ0n) is 14.8. The van der Waals surface area contributed by atoms with Crippen molar-refractivity contribution in [1.82, 2.24) is 5.32 Å². The fourth-order valence-electron chi connectivity index (χ4n) is 2.49. The quantitative estimate of drug-likeness (QED) is 0.482. The van der Waals surface area contributed by atoms with Gasteiger partial charge >= 0.3 is 17.9 Å². The van der Waals surface area contributed by atoms with Gasteiger partial charge in [-0.25, -0.2) is 0 Å². The molecule has 1 saturated heterocycles. The van der Waals surface area contributed by atoms with Crippen molar-refractivity contribution in [2.75, 3.05) is 13.7 Å². The Kier molecular flexibility index (Phi) is 7.78. The molecule has 25 heavy (non-hydrogen) atoms. The van der Waals surface area contributed by atoms with Crippen LogP contribution in [0, 0.1) is 0 Å². The molecule has 10 heteroatoms. The van der Waals surface area contributed by atoms with Gasteiger partial charge in [-0.15, -0.1) is 0 Å². The van der Waals surface area contributed by atoms with E-state index in [1.165, 1.54) is 34.8 Å². The lowest BCUT2D eigenvalue weighted by Gasteiger charge is -2.44. The van der Waals surface area contributed by atoms with Gasteiger partial charge in [-0.3, -0.25) is 19.2 Å². The minimum absolute atomic E-state index is 0.218. The van der Waals surface area contributed by atoms with E-state index < -0.39 is 54.5 Å². The maximum atomic E-state index is 11.6. The highest BCUT2D eigenvalue weighted by atomic mass is 16.7. The number of esters is 3. The van der Waals surface area contributed by atoms with Crippen LogP contribution in [-0.2, 0) is 42.9 Å². The number of methoxy groups -OCH3 is 1. The van der Waals surface area contributed by atoms with E-state index in [1.807, 2.05) is 0 Å². The summed E-state index contributed by atoms with van der Waals surface area (Å²) in [6.45, 7) is 4.61. The van der Waals surface area contributed by atoms with E-state index in [0.29, 0.717) is 0 Å². The van der Waals surface area contributed by atoms with E-state index in [1.54, 1.807) is 0 Å². The third-order valence-corrected chi connectivity index (χ3v) is 3.31. The van der Waals surface area contributed by atoms with Gasteiger partial charge in [0.2, 0.25) is 5.91 Å². The molecule has 1 heterocycles. The van der Waals surface area contributed by atoms with Crippen LogP contribution in [0.5, 0.6) is 0 Å². The summed E-state index contributed by atoms with van der Waals surface area (Å²) in [6, 6.07) is -0.920. The molecule has 0 aliphatic carbocycles. The van der Waals surface area contributed by atoms with Crippen LogP contribution in [-0.4, -0.2) is 68.2 Å². The van der Waals surface area contributed by atoms with Gasteiger partial charge in [0, 0.05) is 34.8 Å². The second-order valence-electron chi connectivity index (χ2n) is 5.46. The number of hydrogen-bond acceptors (Lipinski definition) is 9. The van der Waals surface area contributed by atoms with Gasteiger partial charge in [-0.1, -0.05) is 0 Å². The zero-order valence-corrected chi connectivity index (χ0v) is 14.8. The van der Waals surface area contributed by atoms with Crippen molar-refractivity contribution in [2.24, 2.45) is 0 Å². The van der Waals surface area contributed by atoms with Crippen molar-refractivity contribution >= 4 is 23.8 Å². The predicted molar refractivity (Wildman–Crippen MR) is 81.0 cm³/mol. The van der Waals surface area contributed by atoms with Gasteiger partial charge < -0.3 is 29.0 Å². The van der Waals surface area contributed by atoms with E-state index in [9.17, 15) is 19.2 Å². The first-order valence-electron chi connectivity index (χ1n) is 7.58. The smallest absolute Gasteiger partial charge is 0.303 e. The average molecular weight is 361 g/mol. The fraction of sp³-hybridized carbons (Fsp3) is 0.733. The Bertz CT molecular complexity index is 521. The molecule has 1 aliphatic rings. The van der Waals surface area contributed by atoms with E-state index in [-0.39, 0.29) is 6.61 Å². The van der Waals surface area contributed by atoms with Crippen LogP contribution >= 0.6 is 0 Å². The van der Waals surface area contributed by atoms with Crippen molar-refractivity contribution in [3.05, 3.63) is 0 Å². The molecule has 0 saturated carbocycles. The van der Waals surface area contributed by atoms with Gasteiger partial charge in [-0.05, 0) is 0 Å². The molecule has 0 aromatic heterocycles. The van der Waals surface area contributed by atoms with Crippen LogP contribution in [0.3, 0.4) is 0 Å². The van der Waals surface area contributed by atoms with E-state index in [2.05, 4.69) is 5.32 Å². The van der Waals surface area contributed by atoms with Crippen molar-refractivity contribution in [2.45, 2.75) is 58.3 Å². The van der Waals surface area contributed by atoms with Crippen LogP contribution < -0.4 is 5.32 Å². The molecule has 0 bridgehead atoms. The lowest BCUT2D eigenvalue weighted by molar-refractivity contribution is -0.280. The number of nitrogens with one attached hydrogen (secondary N) is 1. The number of carbonyl (C=O) groups excluding carboxylic acids is 4. The zero-order chi connectivity index (χ0) is 19.1. The second kappa shape index (κ2) is 9.33. The molecule has 1 fully saturated rings. The minimum atomic E-state index is -1.11. The topological polar surface area (TPSA) is 126 Å². The Balaban J connectivity index is 3.18. The molecule has 142 valence electrons. The predicted octanol–water partition coefficient (Wildman–Crippen LogP) is -0.711. The average Bonchev–Trinajstić information content (AvgIpc) is 2.48. The lowest BCUT2D eigenvalue weighted by Crippen LogP contribution is -2.66. The molecular weight excluding hydrogens is 338 g/mol. The highest BCUT2D eigenvalue weighted by molar-refractivity contribution is 5.73. The van der Waals surface area contributed by atoms with Crippen LogP contribution in [0.1, 0.15) is 27.7 Å². The third-order valence-electron chi connectivity index (χ3n) is 3.31. The Morgan fingerprint density at radius 2 is 1.48 bits per heavy atom. The van der Waals surface area contributed by atoms with Crippen molar-refractivity contribution < 1.29 is 42.9 Å². The Morgan fingerprint density at radius 1 is 0.920 bits per heavy atom. The van der Waals surface area contributed by atoms with Gasteiger partial charge in [0.15, 0.2) is 18.5 Å². The van der Waals surface area contributed by atoms with Gasteiger partial charge in [0.05, 0.1) is 6.04 Å². The molecule has 0 unspecified atom stereocenters. The van der Waals surface area contributed by atoms with Crippen LogP contribution in [0.25, 0.3) is 0 Å². The van der Waals surface area contributed by atoms with Gasteiger partial charge in [0.1, 0.15) is 12.7 Å². The summed E-state index contributed by atoms with van der Waals surface area (Å²) in [5.41, 5.74) is 0. The third kappa shape index (κ3) is 6.31. The van der Waals surface area contributed by atoms with Gasteiger partial charge in [-0.2, -0.15) is 0 Å². The SMILES string of the molecule is CO[C@H]1O[C@H](COC(C)=O)[C@@H](NC(C)=O)[C@H](OC(C)=O)[C@H]1OC(C)=O. The second-order valence-corrected chi connectivity index (χ2v) is 5.46. The number of rotatable bonds is 6. The molecule has 1 N–H and O–H groups in total. The summed E-state index contributed by atoms with van der Waals surface area (Å²) >= 11 is 0. The first kappa shape index (κ1) is 20.8. The Morgan fingerprint density at radius 3 is 1.92 bits per heavy atom. The van der Waals surface area contributed by atoms with E-state index >= 15 is 0 Å². The van der Waals surface area contributed by atoms with Crippen molar-refractivity contribution in [3.8, 4) is 0 Å². The van der Waals surface area contributed by atoms with Crippen LogP contribution in [0.15, 0.2) is 0 Å². The summed E-state index contributed by atoms with van der Waals surface area (Å²) in [5, 5.41) is 2.58. The summed E-state index contributed by atoms with van der Waals surface area (Å²) in [5.74, 6) is -2.28. The first-order valence-corrected chi connectivity index (χ1v) is 7.58. The number of ether oxygens (including phenoxy) is 5. The van der Waals surface area contributed by atoms with Crippen LogP contribution in [0.4, 0.5) is 0 Å². The van der Waals surface area contributed by atoms with Crippen LogP contribution in [0.2, 0.25) is 0 Å². The maximum absolute atomic E-state index is 11.6. The van der Waals surface area contributed by atoms with Crippen molar-refractivity contribution in [3.63, 3.8) is 0 Å². The molecule has 1 rings (SSSR count). The highest BCUT2D eigenvalue weighted by Crippen LogP contribution is 2.27. The Labute approximate surface area is 145 Å². The highest BCUT2D eigenvalue weighted by Gasteiger charge is 2.50. The first-order chi connectivity index (χ1) is 11.6. The van der Waals surface area contributed by atoms with E-state index in [4.69, 9.17) is 23.7 Å². The molecule has 0 aromatic carbocycles. The summed E-state index contributed by atoms with van der Waals surface area (Å²) in [4.78, 5) is 45.5. The minimum Gasteiger partial charge on any atom is -0.463 e. The molecular formula is C15H23NO9. The molecule has 1 aliphatic heterocycles. The number of amides is 1. The van der Waals surface area contributed by atoms with Gasteiger partial charge in [0.25, 0.3) is 0 Å². The largest absolute Gasteiger partial charge is 0.463 e. The normalized spacial score (nSPS) is 28.6. The maximum Gasteiger partial charge on any atom is 0.303 e. The standard InChI is InChI=1S/C15H23NO9/c1-7(17)16-12-11(6-22-8(2)18)25-15(21-5)14(24-10(4)20)13(12)23-9(3)19/h11-15H,6H2,1-5H3,(H,16,17)/t11-,12-,13+,14-,15+/m1/s1. The number of carbonyl (C=O) groups is 4. The molecule has 0 spiro atoms. The summed E-state index contributed by atoms with van der Waals surface area (Å²) in [7, 11) is 1.31. The summed E-state index contributed by atoms with van der Waals surface area (Å²) in [6.07, 6.45) is -4.17. The molecule has 0 aromatic rings. The monoisotopic (exact) mass is 361 g/mol. The fourth-order valence-corrected chi connectivity index (χ4v) is 2.49. The van der Waals surface area contributed by atoms with Crippen molar-refractivity contribution in [1.29, 1.82) is 0 Å². The molecule has 5 atom stereocenters. The number of hydrogen-bond donors (Lipinski definition) is 1. The Hall–Kier alpha value is -2.20. The van der Waals surface area contributed by atoms with E-state index in [0.717, 1.165) is 0 Å². The lowest BCUT2D eigenvalue weighted by atomic mass is 9.95.